The van der Waals surface area contributed by atoms with Crippen molar-refractivity contribution in [1.82, 2.24) is 15.9 Å². The van der Waals surface area contributed by atoms with Gasteiger partial charge in [-0.05, 0) is 57.4 Å². The molecule has 31 heavy (non-hydrogen) atoms. The molecule has 2 heterocycles. The lowest BCUT2D eigenvalue weighted by atomic mass is 9.92. The minimum Gasteiger partial charge on any atom is -0.504 e. The number of carbonyl (C=O) groups excluding carboxylic acids is 2. The number of rotatable bonds is 5. The van der Waals surface area contributed by atoms with Gasteiger partial charge in [0.1, 0.15) is 16.9 Å². The number of hydrogen-bond donors (Lipinski definition) is 3. The standard InChI is InChI=1S/C21H29N3O7/c1-20(2,3)29-19(27)30-24-9-7-21(8-10-24)12-15(23-31-21)18(26)22-13-14-5-6-16(25)17(11-14)28-4/h5-6,11-12,23,25H,7-10,13H2,1-4H3,(H,22,26). The van der Waals surface area contributed by atoms with Crippen LogP contribution in [-0.4, -0.2) is 53.6 Å². The molecule has 1 aromatic carbocycles. The van der Waals surface area contributed by atoms with Crippen molar-refractivity contribution in [3.63, 3.8) is 0 Å². The molecule has 170 valence electrons. The lowest BCUT2D eigenvalue weighted by Gasteiger charge is -2.35. The number of carbonyl (C=O) groups is 2. The largest absolute Gasteiger partial charge is 0.528 e. The molecule has 0 bridgehead atoms. The predicted molar refractivity (Wildman–Crippen MR) is 110 cm³/mol. The molecule has 0 aromatic heterocycles. The van der Waals surface area contributed by atoms with Crippen molar-refractivity contribution < 1.29 is 33.8 Å². The van der Waals surface area contributed by atoms with Gasteiger partial charge >= 0.3 is 6.16 Å². The summed E-state index contributed by atoms with van der Waals surface area (Å²) in [6.45, 7) is 6.46. The summed E-state index contributed by atoms with van der Waals surface area (Å²) in [6, 6.07) is 4.87. The number of aromatic hydroxyl groups is 1. The molecule has 1 fully saturated rings. The summed E-state index contributed by atoms with van der Waals surface area (Å²) in [6.07, 6.45) is 2.10. The maximum absolute atomic E-state index is 12.5. The zero-order valence-electron chi connectivity index (χ0n) is 18.2. The van der Waals surface area contributed by atoms with Crippen molar-refractivity contribution in [2.24, 2.45) is 0 Å². The Balaban J connectivity index is 1.50. The first-order chi connectivity index (χ1) is 14.6. The Labute approximate surface area is 181 Å². The maximum atomic E-state index is 12.5. The van der Waals surface area contributed by atoms with Gasteiger partial charge < -0.3 is 24.7 Å². The van der Waals surface area contributed by atoms with Gasteiger partial charge in [-0.3, -0.25) is 15.1 Å². The van der Waals surface area contributed by atoms with Gasteiger partial charge in [0, 0.05) is 19.6 Å². The Morgan fingerprint density at radius 3 is 2.65 bits per heavy atom. The summed E-state index contributed by atoms with van der Waals surface area (Å²) in [4.78, 5) is 35.2. The molecule has 0 aliphatic carbocycles. The van der Waals surface area contributed by atoms with Crippen LogP contribution in [-0.2, 0) is 25.8 Å². The van der Waals surface area contributed by atoms with Crippen LogP contribution in [0.4, 0.5) is 4.79 Å². The number of methoxy groups -OCH3 is 1. The topological polar surface area (TPSA) is 119 Å². The summed E-state index contributed by atoms with van der Waals surface area (Å²) in [5.41, 5.74) is 2.55. The van der Waals surface area contributed by atoms with E-state index < -0.39 is 17.4 Å². The van der Waals surface area contributed by atoms with E-state index in [2.05, 4.69) is 10.8 Å². The molecule has 10 nitrogen and oxygen atoms in total. The molecule has 2 aliphatic rings. The van der Waals surface area contributed by atoms with Crippen molar-refractivity contribution in [2.45, 2.75) is 51.4 Å². The van der Waals surface area contributed by atoms with E-state index in [1.54, 1.807) is 39.0 Å². The minimum absolute atomic E-state index is 0.0371. The van der Waals surface area contributed by atoms with Gasteiger partial charge in [-0.1, -0.05) is 6.07 Å². The average molecular weight is 435 g/mol. The van der Waals surface area contributed by atoms with Crippen LogP contribution in [0.3, 0.4) is 0 Å². The summed E-state index contributed by atoms with van der Waals surface area (Å²) in [5.74, 6) is 0.0685. The second-order valence-corrected chi connectivity index (χ2v) is 8.50. The quantitative estimate of drug-likeness (QED) is 0.598. The number of benzene rings is 1. The first-order valence-corrected chi connectivity index (χ1v) is 10.1. The third kappa shape index (κ3) is 6.02. The summed E-state index contributed by atoms with van der Waals surface area (Å²) >= 11 is 0. The molecule has 2 aliphatic heterocycles. The van der Waals surface area contributed by atoms with Gasteiger partial charge in [-0.2, -0.15) is 0 Å². The van der Waals surface area contributed by atoms with E-state index in [1.165, 1.54) is 18.2 Å². The number of ether oxygens (including phenoxy) is 2. The van der Waals surface area contributed by atoms with E-state index in [9.17, 15) is 14.7 Å². The fourth-order valence-corrected chi connectivity index (χ4v) is 3.28. The number of hydrogen-bond acceptors (Lipinski definition) is 9. The van der Waals surface area contributed by atoms with Crippen LogP contribution in [0.25, 0.3) is 0 Å². The molecule has 0 atom stereocenters. The van der Waals surface area contributed by atoms with Gasteiger partial charge in [-0.15, -0.1) is 5.06 Å². The molecule has 0 radical (unpaired) electrons. The molecule has 0 saturated carbocycles. The van der Waals surface area contributed by atoms with E-state index >= 15 is 0 Å². The first kappa shape index (κ1) is 22.7. The van der Waals surface area contributed by atoms with Crippen molar-refractivity contribution in [2.75, 3.05) is 20.2 Å². The highest BCUT2D eigenvalue weighted by Gasteiger charge is 2.41. The van der Waals surface area contributed by atoms with E-state index in [0.29, 0.717) is 37.4 Å². The zero-order chi connectivity index (χ0) is 22.6. The number of nitrogens with zero attached hydrogens (tertiary/aromatic N) is 1. The lowest BCUT2D eigenvalue weighted by molar-refractivity contribution is -0.179. The maximum Gasteiger partial charge on any atom is 0.528 e. The van der Waals surface area contributed by atoms with Crippen LogP contribution >= 0.6 is 0 Å². The van der Waals surface area contributed by atoms with E-state index in [0.717, 1.165) is 5.56 Å². The minimum atomic E-state index is -0.740. The van der Waals surface area contributed by atoms with Gasteiger partial charge in [0.05, 0.1) is 7.11 Å². The third-order valence-electron chi connectivity index (χ3n) is 4.88. The van der Waals surface area contributed by atoms with E-state index in [-0.39, 0.29) is 18.2 Å². The van der Waals surface area contributed by atoms with Gasteiger partial charge in [-0.25, -0.2) is 4.79 Å². The van der Waals surface area contributed by atoms with Crippen molar-refractivity contribution in [3.05, 3.63) is 35.5 Å². The monoisotopic (exact) mass is 435 g/mol. The SMILES string of the molecule is COc1cc(CNC(=O)C2=CC3(CCN(OC(=O)OC(C)(C)C)CC3)ON2)ccc1O. The zero-order valence-corrected chi connectivity index (χ0v) is 18.2. The van der Waals surface area contributed by atoms with Crippen LogP contribution in [0.5, 0.6) is 11.5 Å². The Bertz CT molecular complexity index is 855. The normalized spacial score (nSPS) is 18.1. The molecule has 3 rings (SSSR count). The van der Waals surface area contributed by atoms with Crippen LogP contribution in [0.2, 0.25) is 0 Å². The Hall–Kier alpha value is -2.98. The number of hydroxylamine groups is 3. The van der Waals surface area contributed by atoms with E-state index in [4.69, 9.17) is 19.1 Å². The molecule has 0 unspecified atom stereocenters. The predicted octanol–water partition coefficient (Wildman–Crippen LogP) is 2.14. The van der Waals surface area contributed by atoms with Crippen LogP contribution in [0.1, 0.15) is 39.2 Å². The highest BCUT2D eigenvalue weighted by atomic mass is 16.8. The van der Waals surface area contributed by atoms with Gasteiger partial charge in [0.2, 0.25) is 0 Å². The smallest absolute Gasteiger partial charge is 0.504 e. The van der Waals surface area contributed by atoms with Gasteiger partial charge in [0.25, 0.3) is 5.91 Å². The van der Waals surface area contributed by atoms with Crippen LogP contribution in [0, 0.1) is 0 Å². The van der Waals surface area contributed by atoms with Crippen LogP contribution in [0.15, 0.2) is 30.0 Å². The number of piperidine rings is 1. The van der Waals surface area contributed by atoms with Crippen molar-refractivity contribution >= 4 is 12.1 Å². The Morgan fingerprint density at radius 1 is 1.29 bits per heavy atom. The summed E-state index contributed by atoms with van der Waals surface area (Å²) < 4.78 is 10.2. The van der Waals surface area contributed by atoms with E-state index in [1.807, 2.05) is 0 Å². The summed E-state index contributed by atoms with van der Waals surface area (Å²) in [7, 11) is 1.46. The third-order valence-corrected chi connectivity index (χ3v) is 4.88. The fraction of sp³-hybridized carbons (Fsp3) is 0.524. The number of phenolic OH excluding ortho intramolecular Hbond substituents is 1. The molecule has 1 saturated heterocycles. The highest BCUT2D eigenvalue weighted by Crippen LogP contribution is 2.32. The number of amides is 1. The second kappa shape index (κ2) is 9.03. The van der Waals surface area contributed by atoms with Crippen LogP contribution < -0.4 is 15.5 Å². The lowest BCUT2D eigenvalue weighted by Crippen LogP contribution is -2.45. The Kier molecular flexibility index (Phi) is 6.61. The number of phenols is 1. The number of nitrogens with one attached hydrogen (secondary N) is 2. The fourth-order valence-electron chi connectivity index (χ4n) is 3.28. The second-order valence-electron chi connectivity index (χ2n) is 8.50. The molecular formula is C21H29N3O7. The summed E-state index contributed by atoms with van der Waals surface area (Å²) in [5, 5.41) is 14.0. The molecule has 1 aromatic rings. The average Bonchev–Trinajstić information content (AvgIpc) is 3.11. The van der Waals surface area contributed by atoms with Crippen molar-refractivity contribution in [3.8, 4) is 11.5 Å². The first-order valence-electron chi connectivity index (χ1n) is 10.1. The van der Waals surface area contributed by atoms with Gasteiger partial charge in [0.15, 0.2) is 11.5 Å². The Morgan fingerprint density at radius 2 is 2.00 bits per heavy atom. The van der Waals surface area contributed by atoms with Crippen molar-refractivity contribution in [1.29, 1.82) is 0 Å². The molecular weight excluding hydrogens is 406 g/mol. The molecule has 3 N–H and O–H groups in total. The molecule has 10 heteroatoms. The molecule has 1 amide bonds. The highest BCUT2D eigenvalue weighted by molar-refractivity contribution is 5.93. The molecule has 1 spiro atoms.